The molecule has 0 bridgehead atoms. The number of methoxy groups -OCH3 is 2. The second kappa shape index (κ2) is 11.0. The summed E-state index contributed by atoms with van der Waals surface area (Å²) in [6.07, 6.45) is 2.53. The zero-order chi connectivity index (χ0) is 25.8. The molecule has 0 saturated heterocycles. The highest BCUT2D eigenvalue weighted by molar-refractivity contribution is 6.04. The van der Waals surface area contributed by atoms with Crippen molar-refractivity contribution in [3.63, 3.8) is 0 Å². The highest BCUT2D eigenvalue weighted by Crippen LogP contribution is 2.46. The van der Waals surface area contributed by atoms with E-state index in [1.165, 1.54) is 12.1 Å². The number of esters is 1. The first-order chi connectivity index (χ1) is 17.4. The van der Waals surface area contributed by atoms with Gasteiger partial charge in [-0.2, -0.15) is 0 Å². The third-order valence-corrected chi connectivity index (χ3v) is 6.86. The van der Waals surface area contributed by atoms with E-state index in [1.54, 1.807) is 26.4 Å². The molecular formula is C29H32FNO5. The van der Waals surface area contributed by atoms with E-state index in [4.69, 9.17) is 14.2 Å². The molecule has 1 N–H and O–H groups in total. The van der Waals surface area contributed by atoms with Gasteiger partial charge < -0.3 is 19.5 Å². The fourth-order valence-electron chi connectivity index (χ4n) is 5.03. The Morgan fingerprint density at radius 2 is 1.72 bits per heavy atom. The second-order valence-corrected chi connectivity index (χ2v) is 9.17. The van der Waals surface area contributed by atoms with Crippen molar-refractivity contribution in [3.8, 4) is 11.5 Å². The van der Waals surface area contributed by atoms with E-state index < -0.39 is 11.9 Å². The summed E-state index contributed by atoms with van der Waals surface area (Å²) in [5.74, 6) is -0.332. The molecule has 36 heavy (non-hydrogen) atoms. The minimum atomic E-state index is -0.616. The summed E-state index contributed by atoms with van der Waals surface area (Å²) < 4.78 is 30.1. The van der Waals surface area contributed by atoms with E-state index in [0.717, 1.165) is 24.1 Å². The van der Waals surface area contributed by atoms with Gasteiger partial charge in [-0.05, 0) is 61.1 Å². The van der Waals surface area contributed by atoms with E-state index in [1.807, 2.05) is 32.0 Å². The van der Waals surface area contributed by atoms with Gasteiger partial charge in [-0.3, -0.25) is 4.79 Å². The van der Waals surface area contributed by atoms with Crippen molar-refractivity contribution in [2.45, 2.75) is 51.4 Å². The van der Waals surface area contributed by atoms with Crippen molar-refractivity contribution < 1.29 is 28.2 Å². The normalized spacial score (nSPS) is 19.5. The lowest BCUT2D eigenvalue weighted by molar-refractivity contribution is -0.139. The molecule has 2 unspecified atom stereocenters. The number of ether oxygens (including phenoxy) is 3. The van der Waals surface area contributed by atoms with Crippen LogP contribution >= 0.6 is 0 Å². The Bertz CT molecular complexity index is 1210. The summed E-state index contributed by atoms with van der Waals surface area (Å²) >= 11 is 0. The number of nitrogens with one attached hydrogen (secondary N) is 1. The predicted octanol–water partition coefficient (Wildman–Crippen LogP) is 5.55. The summed E-state index contributed by atoms with van der Waals surface area (Å²) in [6.45, 7) is 4.15. The molecule has 1 heterocycles. The van der Waals surface area contributed by atoms with Crippen LogP contribution in [0.3, 0.4) is 0 Å². The number of halogens is 1. The lowest BCUT2D eigenvalue weighted by atomic mass is 9.71. The highest BCUT2D eigenvalue weighted by Gasteiger charge is 2.41. The Morgan fingerprint density at radius 3 is 2.39 bits per heavy atom. The van der Waals surface area contributed by atoms with Gasteiger partial charge in [-0.25, -0.2) is 9.18 Å². The Morgan fingerprint density at radius 1 is 1.03 bits per heavy atom. The predicted molar refractivity (Wildman–Crippen MR) is 134 cm³/mol. The third-order valence-electron chi connectivity index (χ3n) is 6.86. The fourth-order valence-corrected chi connectivity index (χ4v) is 5.03. The number of ketones is 1. The largest absolute Gasteiger partial charge is 0.493 e. The van der Waals surface area contributed by atoms with Crippen LogP contribution in [0.2, 0.25) is 0 Å². The first kappa shape index (κ1) is 25.5. The summed E-state index contributed by atoms with van der Waals surface area (Å²) in [5, 5.41) is 3.34. The second-order valence-electron chi connectivity index (χ2n) is 9.17. The monoisotopic (exact) mass is 493 g/mol. The lowest BCUT2D eigenvalue weighted by Crippen LogP contribution is -2.36. The number of carbonyl (C=O) groups excluding carboxylic acids is 2. The molecule has 0 radical (unpaired) electrons. The van der Waals surface area contributed by atoms with Gasteiger partial charge in [-0.1, -0.05) is 31.5 Å². The molecule has 0 amide bonds. The average Bonchev–Trinajstić information content (AvgIpc) is 2.87. The van der Waals surface area contributed by atoms with Crippen LogP contribution < -0.4 is 14.8 Å². The minimum absolute atomic E-state index is 0.0516. The maximum Gasteiger partial charge on any atom is 0.336 e. The molecule has 2 aliphatic rings. The minimum Gasteiger partial charge on any atom is -0.493 e. The first-order valence-corrected chi connectivity index (χ1v) is 12.3. The SMILES string of the molecule is CCCCOC(=O)C1=C(C)NC2=C(C(=O)CC(c3ccc(OC)c(OC)c3)C2)C1c1ccc(F)cc1. The van der Waals surface area contributed by atoms with Crippen LogP contribution in [0.15, 0.2) is 65.0 Å². The van der Waals surface area contributed by atoms with Crippen LogP contribution in [-0.2, 0) is 14.3 Å². The Kier molecular flexibility index (Phi) is 7.77. The maximum atomic E-state index is 13.7. The smallest absolute Gasteiger partial charge is 0.336 e. The van der Waals surface area contributed by atoms with Crippen molar-refractivity contribution in [2.24, 2.45) is 0 Å². The lowest BCUT2D eigenvalue weighted by Gasteiger charge is -2.36. The summed E-state index contributed by atoms with van der Waals surface area (Å²) in [6, 6.07) is 11.7. The van der Waals surface area contributed by atoms with Crippen molar-refractivity contribution in [2.75, 3.05) is 20.8 Å². The number of allylic oxidation sites excluding steroid dienone is 3. The number of benzene rings is 2. The number of carbonyl (C=O) groups is 2. The van der Waals surface area contributed by atoms with Crippen molar-refractivity contribution >= 4 is 11.8 Å². The molecule has 190 valence electrons. The number of Topliss-reactive ketones (excluding diaryl/α,β-unsaturated/α-hetero) is 1. The maximum absolute atomic E-state index is 13.7. The van der Waals surface area contributed by atoms with Crippen molar-refractivity contribution in [1.82, 2.24) is 5.32 Å². The molecule has 0 saturated carbocycles. The van der Waals surface area contributed by atoms with Gasteiger partial charge in [0.1, 0.15) is 5.82 Å². The molecule has 2 aromatic carbocycles. The Labute approximate surface area is 211 Å². The van der Waals surface area contributed by atoms with Crippen molar-refractivity contribution in [3.05, 3.63) is 81.9 Å². The molecule has 2 atom stereocenters. The summed E-state index contributed by atoms with van der Waals surface area (Å²) in [4.78, 5) is 26.9. The molecule has 7 heteroatoms. The topological polar surface area (TPSA) is 73.9 Å². The van der Waals surface area contributed by atoms with Gasteiger partial charge in [0.2, 0.25) is 0 Å². The number of hydrogen-bond donors (Lipinski definition) is 1. The average molecular weight is 494 g/mol. The molecule has 1 aliphatic heterocycles. The molecular weight excluding hydrogens is 461 g/mol. The molecule has 1 aliphatic carbocycles. The number of unbranched alkanes of at least 4 members (excludes halogenated alkanes) is 1. The zero-order valence-corrected chi connectivity index (χ0v) is 21.2. The summed E-state index contributed by atoms with van der Waals surface area (Å²) in [7, 11) is 3.17. The molecule has 2 aromatic rings. The van der Waals surface area contributed by atoms with E-state index in [2.05, 4.69) is 5.32 Å². The van der Waals surface area contributed by atoms with E-state index in [-0.39, 0.29) is 23.9 Å². The van der Waals surface area contributed by atoms with Gasteiger partial charge in [0.25, 0.3) is 0 Å². The summed E-state index contributed by atoms with van der Waals surface area (Å²) in [5.41, 5.74) is 4.03. The first-order valence-electron chi connectivity index (χ1n) is 12.3. The Balaban J connectivity index is 1.73. The van der Waals surface area contributed by atoms with Gasteiger partial charge in [0.15, 0.2) is 17.3 Å². The number of rotatable bonds is 8. The van der Waals surface area contributed by atoms with Crippen LogP contribution in [0.4, 0.5) is 4.39 Å². The highest BCUT2D eigenvalue weighted by atomic mass is 19.1. The van der Waals surface area contributed by atoms with Crippen molar-refractivity contribution in [1.29, 1.82) is 0 Å². The molecule has 0 aromatic heterocycles. The Hall–Kier alpha value is -3.61. The number of hydrogen-bond acceptors (Lipinski definition) is 6. The molecule has 0 spiro atoms. The van der Waals surface area contributed by atoms with Gasteiger partial charge in [-0.15, -0.1) is 0 Å². The quantitative estimate of drug-likeness (QED) is 0.384. The fraction of sp³-hybridized carbons (Fsp3) is 0.379. The van der Waals surface area contributed by atoms with E-state index in [9.17, 15) is 14.0 Å². The molecule has 0 fully saturated rings. The van der Waals surface area contributed by atoms with Gasteiger partial charge in [0, 0.05) is 29.3 Å². The van der Waals surface area contributed by atoms with Crippen LogP contribution in [0.25, 0.3) is 0 Å². The van der Waals surface area contributed by atoms with Gasteiger partial charge >= 0.3 is 5.97 Å². The van der Waals surface area contributed by atoms with Crippen LogP contribution in [0, 0.1) is 5.82 Å². The molecule has 4 rings (SSSR count). The van der Waals surface area contributed by atoms with E-state index in [0.29, 0.717) is 46.9 Å². The molecule has 6 nitrogen and oxygen atoms in total. The van der Waals surface area contributed by atoms with Crippen LogP contribution in [-0.4, -0.2) is 32.6 Å². The third kappa shape index (κ3) is 5.01. The standard InChI is InChI=1S/C29H32FNO5/c1-5-6-13-36-29(33)26-17(2)31-22-14-20(19-9-12-24(34-3)25(16-19)35-4)15-23(32)28(22)27(26)18-7-10-21(30)11-8-18/h7-12,16,20,27,31H,5-6,13-15H2,1-4H3. The van der Waals surface area contributed by atoms with Crippen LogP contribution in [0.5, 0.6) is 11.5 Å². The van der Waals surface area contributed by atoms with Gasteiger partial charge in [0.05, 0.1) is 26.4 Å². The zero-order valence-electron chi connectivity index (χ0n) is 21.2. The van der Waals surface area contributed by atoms with E-state index >= 15 is 0 Å². The van der Waals surface area contributed by atoms with Crippen LogP contribution in [0.1, 0.15) is 62.5 Å². The number of dihydropyridines is 1.